The molecule has 1 amide bonds. The van der Waals surface area contributed by atoms with Gasteiger partial charge in [0.15, 0.2) is 0 Å². The molecule has 1 aromatic carbocycles. The second-order valence-electron chi connectivity index (χ2n) is 6.80. The Balaban J connectivity index is 2.04. The third kappa shape index (κ3) is 2.57. The van der Waals surface area contributed by atoms with E-state index in [9.17, 15) is 9.59 Å². The largest absolute Gasteiger partial charge is 0.497 e. The normalized spacial score (nSPS) is 19.7. The quantitative estimate of drug-likeness (QED) is 0.898. The number of H-pyrrole nitrogens is 1. The minimum absolute atomic E-state index is 0.154. The monoisotopic (exact) mass is 329 g/mol. The lowest BCUT2D eigenvalue weighted by Crippen LogP contribution is -2.48. The molecule has 0 saturated carbocycles. The van der Waals surface area contributed by atoms with E-state index < -0.39 is 0 Å². The molecule has 1 atom stereocenters. The summed E-state index contributed by atoms with van der Waals surface area (Å²) in [6.45, 7) is 5.16. The van der Waals surface area contributed by atoms with Crippen molar-refractivity contribution in [3.05, 3.63) is 40.2 Å². The number of hydrogen-bond donors (Lipinski definition) is 2. The van der Waals surface area contributed by atoms with Crippen molar-refractivity contribution in [3.8, 4) is 5.75 Å². The zero-order valence-corrected chi connectivity index (χ0v) is 14.3. The molecule has 1 saturated heterocycles. The number of hydrogen-bond acceptors (Lipinski definition) is 4. The summed E-state index contributed by atoms with van der Waals surface area (Å²) in [4.78, 5) is 29.9. The summed E-state index contributed by atoms with van der Waals surface area (Å²) in [6.07, 6.45) is 0.856. The Morgan fingerprint density at radius 2 is 2.17 bits per heavy atom. The number of likely N-dealkylation sites (tertiary alicyclic amines) is 1. The first-order valence-electron chi connectivity index (χ1n) is 8.11. The van der Waals surface area contributed by atoms with Gasteiger partial charge in [-0.05, 0) is 57.0 Å². The highest BCUT2D eigenvalue weighted by atomic mass is 16.5. The fourth-order valence-electron chi connectivity index (χ4n) is 3.53. The molecule has 24 heavy (non-hydrogen) atoms. The molecule has 1 aromatic heterocycles. The van der Waals surface area contributed by atoms with Crippen molar-refractivity contribution >= 4 is 16.8 Å². The lowest BCUT2D eigenvalue weighted by Gasteiger charge is -2.35. The van der Waals surface area contributed by atoms with Crippen molar-refractivity contribution in [2.75, 3.05) is 20.2 Å². The van der Waals surface area contributed by atoms with E-state index in [-0.39, 0.29) is 28.5 Å². The lowest BCUT2D eigenvalue weighted by molar-refractivity contribution is 0.0605. The van der Waals surface area contributed by atoms with E-state index in [4.69, 9.17) is 10.5 Å². The third-order valence-electron chi connectivity index (χ3n) is 5.21. The summed E-state index contributed by atoms with van der Waals surface area (Å²) in [7, 11) is 1.58. The second kappa shape index (κ2) is 5.94. The number of methoxy groups -OCH3 is 1. The molecule has 0 aliphatic carbocycles. The average molecular weight is 329 g/mol. The van der Waals surface area contributed by atoms with Gasteiger partial charge >= 0.3 is 0 Å². The van der Waals surface area contributed by atoms with Crippen LogP contribution in [0.2, 0.25) is 0 Å². The van der Waals surface area contributed by atoms with Gasteiger partial charge in [0.25, 0.3) is 11.5 Å². The molecule has 1 aliphatic rings. The fourth-order valence-corrected chi connectivity index (χ4v) is 3.53. The molecule has 1 unspecified atom stereocenters. The Morgan fingerprint density at radius 1 is 1.42 bits per heavy atom. The predicted octanol–water partition coefficient (Wildman–Crippen LogP) is 1.74. The number of aromatic amines is 1. The van der Waals surface area contributed by atoms with E-state index >= 15 is 0 Å². The number of benzene rings is 1. The summed E-state index contributed by atoms with van der Waals surface area (Å²) >= 11 is 0. The van der Waals surface area contributed by atoms with Crippen LogP contribution in [0.3, 0.4) is 0 Å². The van der Waals surface area contributed by atoms with Gasteiger partial charge in [0, 0.05) is 23.0 Å². The molecule has 6 heteroatoms. The van der Waals surface area contributed by atoms with Gasteiger partial charge in [-0.1, -0.05) is 0 Å². The molecular weight excluding hydrogens is 306 g/mol. The van der Waals surface area contributed by atoms with E-state index in [1.54, 1.807) is 36.3 Å². The van der Waals surface area contributed by atoms with Gasteiger partial charge in [0.05, 0.1) is 7.11 Å². The zero-order chi connectivity index (χ0) is 17.5. The Bertz CT molecular complexity index is 841. The van der Waals surface area contributed by atoms with Crippen LogP contribution >= 0.6 is 0 Å². The Morgan fingerprint density at radius 3 is 2.79 bits per heavy atom. The molecule has 2 heterocycles. The Labute approximate surface area is 140 Å². The van der Waals surface area contributed by atoms with Crippen molar-refractivity contribution < 1.29 is 9.53 Å². The van der Waals surface area contributed by atoms with Gasteiger partial charge in [-0.3, -0.25) is 9.59 Å². The summed E-state index contributed by atoms with van der Waals surface area (Å²) in [6, 6.07) is 6.99. The number of nitrogens with two attached hydrogens (primary N) is 1. The van der Waals surface area contributed by atoms with Crippen LogP contribution in [0.5, 0.6) is 5.75 Å². The van der Waals surface area contributed by atoms with Crippen molar-refractivity contribution in [3.63, 3.8) is 0 Å². The number of carbonyl (C=O) groups excluding carboxylic acids is 1. The Kier molecular flexibility index (Phi) is 4.09. The molecular formula is C18H23N3O3. The lowest BCUT2D eigenvalue weighted by atomic mass is 9.88. The molecule has 1 fully saturated rings. The molecule has 3 rings (SSSR count). The van der Waals surface area contributed by atoms with Gasteiger partial charge in [0.1, 0.15) is 11.3 Å². The van der Waals surface area contributed by atoms with E-state index in [0.29, 0.717) is 24.4 Å². The number of carbonyl (C=O) groups is 1. The number of ether oxygens (including phenoxy) is 1. The molecule has 0 bridgehead atoms. The van der Waals surface area contributed by atoms with Crippen LogP contribution in [-0.4, -0.2) is 41.5 Å². The highest BCUT2D eigenvalue weighted by molar-refractivity contribution is 5.98. The van der Waals surface area contributed by atoms with Crippen LogP contribution < -0.4 is 16.0 Å². The van der Waals surface area contributed by atoms with E-state index in [0.717, 1.165) is 11.8 Å². The summed E-state index contributed by atoms with van der Waals surface area (Å²) in [5.74, 6) is 0.667. The number of nitrogens with zero attached hydrogens (tertiary/aromatic N) is 1. The molecule has 128 valence electrons. The van der Waals surface area contributed by atoms with Gasteiger partial charge < -0.3 is 20.4 Å². The van der Waals surface area contributed by atoms with Crippen LogP contribution in [-0.2, 0) is 0 Å². The van der Waals surface area contributed by atoms with Crippen molar-refractivity contribution in [1.82, 2.24) is 9.88 Å². The van der Waals surface area contributed by atoms with E-state index in [1.807, 2.05) is 13.8 Å². The van der Waals surface area contributed by atoms with Crippen molar-refractivity contribution in [2.45, 2.75) is 25.8 Å². The van der Waals surface area contributed by atoms with E-state index in [1.165, 1.54) is 0 Å². The van der Waals surface area contributed by atoms with Crippen LogP contribution in [0.25, 0.3) is 10.9 Å². The number of rotatable bonds is 3. The molecule has 6 nitrogen and oxygen atoms in total. The molecule has 3 N–H and O–H groups in total. The highest BCUT2D eigenvalue weighted by Gasteiger charge is 2.43. The van der Waals surface area contributed by atoms with E-state index in [2.05, 4.69) is 4.98 Å². The van der Waals surface area contributed by atoms with Gasteiger partial charge in [-0.2, -0.15) is 0 Å². The Hall–Kier alpha value is -2.34. The molecule has 2 aromatic rings. The van der Waals surface area contributed by atoms with Crippen LogP contribution in [0, 0.1) is 5.92 Å². The highest BCUT2D eigenvalue weighted by Crippen LogP contribution is 2.34. The van der Waals surface area contributed by atoms with Crippen molar-refractivity contribution in [1.29, 1.82) is 0 Å². The topological polar surface area (TPSA) is 88.4 Å². The first-order chi connectivity index (χ1) is 11.4. The average Bonchev–Trinajstić information content (AvgIpc) is 2.87. The maximum absolute atomic E-state index is 13.0. The summed E-state index contributed by atoms with van der Waals surface area (Å²) in [5, 5.41) is 0.768. The zero-order valence-electron chi connectivity index (χ0n) is 14.3. The van der Waals surface area contributed by atoms with Gasteiger partial charge in [-0.25, -0.2) is 0 Å². The van der Waals surface area contributed by atoms with Crippen molar-refractivity contribution in [2.24, 2.45) is 11.7 Å². The minimum atomic E-state index is -0.371. The smallest absolute Gasteiger partial charge is 0.261 e. The van der Waals surface area contributed by atoms with Crippen LogP contribution in [0.15, 0.2) is 29.1 Å². The standard InChI is InChI=1S/C18H23N3O3/c1-18(2)12(10-19)6-7-21(18)17(23)14-9-11-8-13(24-3)4-5-15(11)20-16(14)22/h4-5,8-9,12H,6-7,10,19H2,1-3H3,(H,20,22). The number of amides is 1. The van der Waals surface area contributed by atoms with Gasteiger partial charge in [-0.15, -0.1) is 0 Å². The maximum atomic E-state index is 13.0. The SMILES string of the molecule is COc1ccc2[nH]c(=O)c(C(=O)N3CCC(CN)C3(C)C)cc2c1. The molecule has 0 radical (unpaired) electrons. The number of aromatic nitrogens is 1. The molecule has 1 aliphatic heterocycles. The first-order valence-corrected chi connectivity index (χ1v) is 8.11. The minimum Gasteiger partial charge on any atom is -0.497 e. The maximum Gasteiger partial charge on any atom is 0.261 e. The van der Waals surface area contributed by atoms with Crippen LogP contribution in [0.4, 0.5) is 0 Å². The fraction of sp³-hybridized carbons (Fsp3) is 0.444. The first kappa shape index (κ1) is 16.5. The molecule has 0 spiro atoms. The number of pyridine rings is 1. The summed E-state index contributed by atoms with van der Waals surface area (Å²) in [5.41, 5.74) is 5.93. The third-order valence-corrected chi connectivity index (χ3v) is 5.21. The number of nitrogens with one attached hydrogen (secondary N) is 1. The van der Waals surface area contributed by atoms with Gasteiger partial charge in [0.2, 0.25) is 0 Å². The number of fused-ring (bicyclic) bond motifs is 1. The van der Waals surface area contributed by atoms with Crippen LogP contribution in [0.1, 0.15) is 30.6 Å². The predicted molar refractivity (Wildman–Crippen MR) is 93.4 cm³/mol. The second-order valence-corrected chi connectivity index (χ2v) is 6.80. The summed E-state index contributed by atoms with van der Waals surface area (Å²) < 4.78 is 5.21.